The number of carboxylic acids is 1. The molecule has 1 heterocycles. The van der Waals surface area contributed by atoms with Crippen LogP contribution in [0.1, 0.15) is 5.56 Å². The van der Waals surface area contributed by atoms with Gasteiger partial charge in [-0.3, -0.25) is 13.9 Å². The van der Waals surface area contributed by atoms with Gasteiger partial charge < -0.3 is 5.11 Å². The van der Waals surface area contributed by atoms with E-state index in [0.29, 0.717) is 17.2 Å². The molecule has 1 N–H and O–H groups in total. The lowest BCUT2D eigenvalue weighted by atomic mass is 9.78. The molecule has 0 bridgehead atoms. The molecule has 0 amide bonds. The molecule has 3 rings (SSSR count). The number of hydrogen-bond acceptors (Lipinski definition) is 5. The Kier molecular flexibility index (Phi) is 3.64. The van der Waals surface area contributed by atoms with Gasteiger partial charge in [-0.25, -0.2) is 13.2 Å². The Morgan fingerprint density at radius 2 is 1.79 bits per heavy atom. The monoisotopic (exact) mass is 347 g/mol. The number of carboxylic acid groups (broad SMARTS) is 1. The van der Waals surface area contributed by atoms with Gasteiger partial charge in [0, 0.05) is 12.3 Å². The molecule has 1 aliphatic heterocycles. The van der Waals surface area contributed by atoms with Crippen molar-refractivity contribution < 1.29 is 27.9 Å². The molecule has 8 heteroatoms. The number of rotatable bonds is 3. The van der Waals surface area contributed by atoms with Crippen LogP contribution < -0.4 is 0 Å². The van der Waals surface area contributed by atoms with Crippen LogP contribution in [0.2, 0.25) is 0 Å². The first kappa shape index (κ1) is 16.1. The molecular formula is C16H13NO6S. The molecule has 0 saturated carbocycles. The highest BCUT2D eigenvalue weighted by molar-refractivity contribution is 7.88. The Morgan fingerprint density at radius 3 is 2.33 bits per heavy atom. The van der Waals surface area contributed by atoms with Gasteiger partial charge in [0.05, 0.1) is 23.8 Å². The minimum atomic E-state index is -3.83. The molecule has 0 saturated heterocycles. The largest absolute Gasteiger partial charge is 0.478 e. The van der Waals surface area contributed by atoms with Crippen molar-refractivity contribution >= 4 is 33.1 Å². The molecule has 1 aromatic rings. The molecule has 0 spiro atoms. The second-order valence-corrected chi connectivity index (χ2v) is 7.49. The Morgan fingerprint density at radius 1 is 1.17 bits per heavy atom. The fourth-order valence-corrected chi connectivity index (χ4v) is 3.99. The SMILES string of the molecule is CS(=O)(=O)N1C=C(c2ccccc2)C2C(=O)C(=O)C=C(C(=O)O)C21. The van der Waals surface area contributed by atoms with E-state index in [-0.39, 0.29) is 0 Å². The predicted molar refractivity (Wildman–Crippen MR) is 84.1 cm³/mol. The van der Waals surface area contributed by atoms with Gasteiger partial charge in [0.2, 0.25) is 21.6 Å². The van der Waals surface area contributed by atoms with E-state index in [9.17, 15) is 27.9 Å². The topological polar surface area (TPSA) is 109 Å². The van der Waals surface area contributed by atoms with Gasteiger partial charge in [-0.1, -0.05) is 30.3 Å². The summed E-state index contributed by atoms with van der Waals surface area (Å²) in [7, 11) is -3.83. The number of aliphatic carboxylic acids is 1. The Bertz CT molecular complexity index is 913. The smallest absolute Gasteiger partial charge is 0.333 e. The van der Waals surface area contributed by atoms with Gasteiger partial charge in [-0.05, 0) is 11.1 Å². The average Bonchev–Trinajstić information content (AvgIpc) is 2.92. The second kappa shape index (κ2) is 5.41. The summed E-state index contributed by atoms with van der Waals surface area (Å²) in [6, 6.07) is 7.25. The third-order valence-corrected chi connectivity index (χ3v) is 5.16. The van der Waals surface area contributed by atoms with Crippen molar-refractivity contribution in [2.24, 2.45) is 5.92 Å². The number of Topliss-reactive ketones (excluding diaryl/α,β-unsaturated/α-hetero) is 1. The number of benzene rings is 1. The van der Waals surface area contributed by atoms with Crippen molar-refractivity contribution in [1.82, 2.24) is 4.31 Å². The molecule has 0 radical (unpaired) electrons. The standard InChI is InChI=1S/C16H13NO6S/c1-24(22,23)17-8-11(9-5-3-2-4-6-9)13-14(17)10(16(20)21)7-12(18)15(13)19/h2-8,13-14H,1H3,(H,20,21). The zero-order valence-corrected chi connectivity index (χ0v) is 13.4. The van der Waals surface area contributed by atoms with Crippen molar-refractivity contribution in [3.05, 3.63) is 53.7 Å². The summed E-state index contributed by atoms with van der Waals surface area (Å²) in [5, 5.41) is 9.35. The van der Waals surface area contributed by atoms with E-state index in [0.717, 1.165) is 10.6 Å². The Balaban J connectivity index is 2.24. The van der Waals surface area contributed by atoms with E-state index in [1.165, 1.54) is 6.20 Å². The fraction of sp³-hybridized carbons (Fsp3) is 0.188. The highest BCUT2D eigenvalue weighted by Gasteiger charge is 2.51. The van der Waals surface area contributed by atoms with Gasteiger partial charge in [0.1, 0.15) is 0 Å². The van der Waals surface area contributed by atoms with Crippen molar-refractivity contribution in [3.8, 4) is 0 Å². The summed E-state index contributed by atoms with van der Waals surface area (Å²) in [4.78, 5) is 35.8. The molecule has 0 aromatic heterocycles. The third-order valence-electron chi connectivity index (χ3n) is 4.06. The number of carbonyl (C=O) groups excluding carboxylic acids is 2. The maximum atomic E-state index is 12.4. The van der Waals surface area contributed by atoms with Crippen molar-refractivity contribution in [1.29, 1.82) is 0 Å². The number of allylic oxidation sites excluding steroid dienone is 1. The van der Waals surface area contributed by atoms with Crippen LogP contribution in [0, 0.1) is 5.92 Å². The quantitative estimate of drug-likeness (QED) is 0.795. The van der Waals surface area contributed by atoms with Crippen LogP contribution in [0.4, 0.5) is 0 Å². The van der Waals surface area contributed by atoms with Gasteiger partial charge in [-0.2, -0.15) is 0 Å². The summed E-state index contributed by atoms with van der Waals surface area (Å²) in [6.45, 7) is 0. The van der Waals surface area contributed by atoms with Gasteiger partial charge in [0.25, 0.3) is 0 Å². The zero-order valence-electron chi connectivity index (χ0n) is 12.5. The lowest BCUT2D eigenvalue weighted by Gasteiger charge is -2.30. The van der Waals surface area contributed by atoms with Crippen LogP contribution >= 0.6 is 0 Å². The maximum absolute atomic E-state index is 12.4. The van der Waals surface area contributed by atoms with E-state index in [1.807, 2.05) is 0 Å². The summed E-state index contributed by atoms with van der Waals surface area (Å²) >= 11 is 0. The number of ketones is 2. The van der Waals surface area contributed by atoms with E-state index in [2.05, 4.69) is 0 Å². The highest BCUT2D eigenvalue weighted by Crippen LogP contribution is 2.42. The zero-order chi connectivity index (χ0) is 17.6. The van der Waals surface area contributed by atoms with Crippen LogP contribution in [0.15, 0.2) is 48.2 Å². The average molecular weight is 347 g/mol. The van der Waals surface area contributed by atoms with Crippen molar-refractivity contribution in [3.63, 3.8) is 0 Å². The van der Waals surface area contributed by atoms with Crippen LogP contribution in [-0.2, 0) is 24.4 Å². The minimum Gasteiger partial charge on any atom is -0.478 e. The lowest BCUT2D eigenvalue weighted by Crippen LogP contribution is -2.46. The molecule has 1 aromatic carbocycles. The predicted octanol–water partition coefficient (Wildman–Crippen LogP) is 0.450. The molecule has 24 heavy (non-hydrogen) atoms. The van der Waals surface area contributed by atoms with Gasteiger partial charge in [-0.15, -0.1) is 0 Å². The molecular weight excluding hydrogens is 334 g/mol. The third kappa shape index (κ3) is 2.44. The molecule has 2 unspecified atom stereocenters. The van der Waals surface area contributed by atoms with Crippen LogP contribution in [0.25, 0.3) is 5.57 Å². The van der Waals surface area contributed by atoms with E-state index < -0.39 is 45.1 Å². The number of hydrogen-bond donors (Lipinski definition) is 1. The summed E-state index contributed by atoms with van der Waals surface area (Å²) in [5.41, 5.74) is 0.472. The molecule has 2 atom stereocenters. The van der Waals surface area contributed by atoms with Gasteiger partial charge >= 0.3 is 5.97 Å². The molecule has 7 nitrogen and oxygen atoms in total. The van der Waals surface area contributed by atoms with Crippen LogP contribution in [0.5, 0.6) is 0 Å². The molecule has 2 aliphatic rings. The first-order valence-corrected chi connectivity index (χ1v) is 8.85. The van der Waals surface area contributed by atoms with Crippen LogP contribution in [0.3, 0.4) is 0 Å². The van der Waals surface area contributed by atoms with Crippen molar-refractivity contribution in [2.75, 3.05) is 6.26 Å². The van der Waals surface area contributed by atoms with Crippen LogP contribution in [-0.4, -0.2) is 47.7 Å². The Labute approximate surface area is 137 Å². The van der Waals surface area contributed by atoms with Crippen molar-refractivity contribution in [2.45, 2.75) is 6.04 Å². The maximum Gasteiger partial charge on any atom is 0.333 e. The molecule has 124 valence electrons. The first-order valence-electron chi connectivity index (χ1n) is 7.00. The van der Waals surface area contributed by atoms with E-state index >= 15 is 0 Å². The number of sulfonamides is 1. The lowest BCUT2D eigenvalue weighted by molar-refractivity contribution is -0.138. The Hall–Kier alpha value is -2.74. The highest BCUT2D eigenvalue weighted by atomic mass is 32.2. The number of nitrogens with zero attached hydrogens (tertiary/aromatic N) is 1. The molecule has 0 fully saturated rings. The normalized spacial score (nSPS) is 23.6. The van der Waals surface area contributed by atoms with E-state index in [4.69, 9.17) is 0 Å². The number of carbonyl (C=O) groups is 3. The van der Waals surface area contributed by atoms with E-state index in [1.54, 1.807) is 30.3 Å². The summed E-state index contributed by atoms with van der Waals surface area (Å²) in [6.07, 6.45) is 2.88. The fourth-order valence-electron chi connectivity index (χ4n) is 3.04. The first-order chi connectivity index (χ1) is 11.2. The number of fused-ring (bicyclic) bond motifs is 1. The second-order valence-electron chi connectivity index (χ2n) is 5.60. The van der Waals surface area contributed by atoms with Gasteiger partial charge in [0.15, 0.2) is 0 Å². The molecule has 1 aliphatic carbocycles. The summed E-state index contributed by atoms with van der Waals surface area (Å²) < 4.78 is 25.0. The minimum absolute atomic E-state index is 0.316. The summed E-state index contributed by atoms with van der Waals surface area (Å²) in [5.74, 6) is -4.34.